The van der Waals surface area contributed by atoms with E-state index in [0.29, 0.717) is 0 Å². The molecule has 1 aliphatic heterocycles. The first-order chi connectivity index (χ1) is 9.61. The molecule has 0 aliphatic carbocycles. The molecule has 1 aromatic carbocycles. The van der Waals surface area contributed by atoms with E-state index in [0.717, 1.165) is 5.56 Å². The van der Waals surface area contributed by atoms with Gasteiger partial charge >= 0.3 is 12.1 Å². The summed E-state index contributed by atoms with van der Waals surface area (Å²) >= 11 is 0. The number of aliphatic hydroxyl groups excluding tert-OH is 1. The maximum atomic E-state index is 11.8. The fraction of sp³-hybridized carbons (Fsp3) is 0.286. The number of rotatable bonds is 3. The minimum Gasteiger partial charge on any atom is -0.510 e. The number of carbonyl (C=O) groups excluding carboxylic acids is 2. The number of esters is 1. The van der Waals surface area contributed by atoms with Crippen molar-refractivity contribution in [2.75, 3.05) is 20.2 Å². The zero-order chi connectivity index (χ0) is 14.5. The second-order valence-electron chi connectivity index (χ2n) is 4.31. The van der Waals surface area contributed by atoms with Crippen LogP contribution in [0, 0.1) is 0 Å². The number of carbonyl (C=O) groups is 2. The van der Waals surface area contributed by atoms with Crippen molar-refractivity contribution in [1.82, 2.24) is 4.90 Å². The van der Waals surface area contributed by atoms with Crippen LogP contribution in [-0.2, 0) is 20.9 Å². The SMILES string of the molecule is COC(=O)C1=C(O)CN(C(=O)OCc2ccccc2)C1. The molecule has 0 saturated carbocycles. The lowest BCUT2D eigenvalue weighted by molar-refractivity contribution is -0.136. The first-order valence-electron chi connectivity index (χ1n) is 6.06. The average molecular weight is 277 g/mol. The molecule has 2 rings (SSSR count). The first-order valence-corrected chi connectivity index (χ1v) is 6.06. The van der Waals surface area contributed by atoms with Crippen LogP contribution in [0.3, 0.4) is 0 Å². The fourth-order valence-electron chi connectivity index (χ4n) is 1.86. The maximum absolute atomic E-state index is 11.8. The van der Waals surface area contributed by atoms with Crippen molar-refractivity contribution in [1.29, 1.82) is 0 Å². The molecule has 1 amide bonds. The molecule has 1 aliphatic rings. The van der Waals surface area contributed by atoms with E-state index in [2.05, 4.69) is 4.74 Å². The molecule has 0 unspecified atom stereocenters. The molecule has 6 nitrogen and oxygen atoms in total. The molecule has 0 spiro atoms. The van der Waals surface area contributed by atoms with Crippen LogP contribution in [0.1, 0.15) is 5.56 Å². The molecule has 106 valence electrons. The summed E-state index contributed by atoms with van der Waals surface area (Å²) in [6.07, 6.45) is -0.584. The van der Waals surface area contributed by atoms with Crippen molar-refractivity contribution >= 4 is 12.1 Å². The Morgan fingerprint density at radius 2 is 1.95 bits per heavy atom. The molecule has 20 heavy (non-hydrogen) atoms. The molecule has 0 saturated heterocycles. The Morgan fingerprint density at radius 1 is 1.25 bits per heavy atom. The number of hydrogen-bond acceptors (Lipinski definition) is 5. The number of amides is 1. The number of methoxy groups -OCH3 is 1. The molecular weight excluding hydrogens is 262 g/mol. The average Bonchev–Trinajstić information content (AvgIpc) is 2.87. The van der Waals surface area contributed by atoms with E-state index in [1.807, 2.05) is 30.3 Å². The van der Waals surface area contributed by atoms with Gasteiger partial charge in [0.25, 0.3) is 0 Å². The summed E-state index contributed by atoms with van der Waals surface area (Å²) in [5, 5.41) is 9.62. The van der Waals surface area contributed by atoms with Crippen LogP contribution in [0.15, 0.2) is 41.7 Å². The van der Waals surface area contributed by atoms with E-state index >= 15 is 0 Å². The lowest BCUT2D eigenvalue weighted by atomic mass is 10.2. The summed E-state index contributed by atoms with van der Waals surface area (Å²) < 4.78 is 9.65. The van der Waals surface area contributed by atoms with Crippen LogP contribution in [-0.4, -0.2) is 42.3 Å². The Balaban J connectivity index is 1.88. The predicted octanol–water partition coefficient (Wildman–Crippen LogP) is 1.62. The van der Waals surface area contributed by atoms with Crippen molar-refractivity contribution in [3.63, 3.8) is 0 Å². The Labute approximate surface area is 116 Å². The molecule has 1 aromatic rings. The van der Waals surface area contributed by atoms with Gasteiger partial charge in [-0.1, -0.05) is 30.3 Å². The van der Waals surface area contributed by atoms with Gasteiger partial charge in [-0.05, 0) is 5.56 Å². The van der Waals surface area contributed by atoms with Crippen molar-refractivity contribution in [3.05, 3.63) is 47.2 Å². The summed E-state index contributed by atoms with van der Waals surface area (Å²) in [6, 6.07) is 9.25. The van der Waals surface area contributed by atoms with Crippen LogP contribution >= 0.6 is 0 Å². The predicted molar refractivity (Wildman–Crippen MR) is 69.9 cm³/mol. The van der Waals surface area contributed by atoms with Crippen LogP contribution < -0.4 is 0 Å². The summed E-state index contributed by atoms with van der Waals surface area (Å²) in [5.41, 5.74) is 0.953. The molecule has 0 radical (unpaired) electrons. The largest absolute Gasteiger partial charge is 0.510 e. The highest BCUT2D eigenvalue weighted by atomic mass is 16.6. The Kier molecular flexibility index (Phi) is 4.24. The van der Waals surface area contributed by atoms with Crippen molar-refractivity contribution in [3.8, 4) is 0 Å². The minimum atomic E-state index is -0.638. The van der Waals surface area contributed by atoms with Gasteiger partial charge in [0.2, 0.25) is 0 Å². The smallest absolute Gasteiger partial charge is 0.410 e. The summed E-state index contributed by atoms with van der Waals surface area (Å²) in [5.74, 6) is -0.797. The van der Waals surface area contributed by atoms with Crippen LogP contribution in [0.25, 0.3) is 0 Å². The van der Waals surface area contributed by atoms with E-state index in [9.17, 15) is 14.7 Å². The van der Waals surface area contributed by atoms with Crippen LogP contribution in [0.5, 0.6) is 0 Å². The summed E-state index contributed by atoms with van der Waals surface area (Å²) in [4.78, 5) is 24.4. The van der Waals surface area contributed by atoms with E-state index < -0.39 is 12.1 Å². The third-order valence-corrected chi connectivity index (χ3v) is 2.93. The number of benzene rings is 1. The number of nitrogens with zero attached hydrogens (tertiary/aromatic N) is 1. The molecule has 0 atom stereocenters. The number of ether oxygens (including phenoxy) is 2. The highest BCUT2D eigenvalue weighted by Gasteiger charge is 2.31. The molecule has 0 aromatic heterocycles. The zero-order valence-electron chi connectivity index (χ0n) is 11.0. The van der Waals surface area contributed by atoms with Gasteiger partial charge in [-0.25, -0.2) is 9.59 Å². The van der Waals surface area contributed by atoms with Gasteiger partial charge in [0, 0.05) is 0 Å². The quantitative estimate of drug-likeness (QED) is 0.850. The third-order valence-electron chi connectivity index (χ3n) is 2.93. The van der Waals surface area contributed by atoms with Crippen molar-refractivity contribution in [2.45, 2.75) is 6.61 Å². The third kappa shape index (κ3) is 3.09. The Bertz CT molecular complexity index is 538. The van der Waals surface area contributed by atoms with E-state index in [1.54, 1.807) is 0 Å². The summed E-state index contributed by atoms with van der Waals surface area (Å²) in [6.45, 7) is 0.0919. The summed E-state index contributed by atoms with van der Waals surface area (Å²) in [7, 11) is 1.22. The van der Waals surface area contributed by atoms with E-state index in [1.165, 1.54) is 12.0 Å². The normalized spacial score (nSPS) is 14.3. The minimum absolute atomic E-state index is 0.00781. The fourth-order valence-corrected chi connectivity index (χ4v) is 1.86. The monoisotopic (exact) mass is 277 g/mol. The first kappa shape index (κ1) is 13.9. The highest BCUT2D eigenvalue weighted by molar-refractivity contribution is 5.91. The maximum Gasteiger partial charge on any atom is 0.410 e. The Morgan fingerprint density at radius 3 is 2.60 bits per heavy atom. The molecule has 1 heterocycles. The van der Waals surface area contributed by atoms with Gasteiger partial charge in [0.1, 0.15) is 12.4 Å². The lowest BCUT2D eigenvalue weighted by Crippen LogP contribution is -2.30. The molecular formula is C14H15NO5. The molecule has 0 fully saturated rings. The molecule has 0 bridgehead atoms. The van der Waals surface area contributed by atoms with Gasteiger partial charge in [0.05, 0.1) is 25.8 Å². The van der Waals surface area contributed by atoms with Gasteiger partial charge in [-0.2, -0.15) is 0 Å². The van der Waals surface area contributed by atoms with Gasteiger partial charge in [-0.15, -0.1) is 0 Å². The van der Waals surface area contributed by atoms with E-state index in [4.69, 9.17) is 4.74 Å². The van der Waals surface area contributed by atoms with Crippen molar-refractivity contribution < 1.29 is 24.2 Å². The van der Waals surface area contributed by atoms with Gasteiger partial charge in [-0.3, -0.25) is 4.90 Å². The second kappa shape index (κ2) is 6.10. The highest BCUT2D eigenvalue weighted by Crippen LogP contribution is 2.17. The topological polar surface area (TPSA) is 76.1 Å². The van der Waals surface area contributed by atoms with Gasteiger partial charge in [0.15, 0.2) is 0 Å². The number of hydrogen-bond donors (Lipinski definition) is 1. The Hall–Kier alpha value is -2.50. The standard InChI is InChI=1S/C14H15NO5/c1-19-13(17)11-7-15(8-12(11)16)14(18)20-9-10-5-3-2-4-6-10/h2-6,16H,7-9H2,1H3. The van der Waals surface area contributed by atoms with Crippen molar-refractivity contribution in [2.24, 2.45) is 0 Å². The molecule has 1 N–H and O–H groups in total. The van der Waals surface area contributed by atoms with E-state index in [-0.39, 0.29) is 31.0 Å². The zero-order valence-corrected chi connectivity index (χ0v) is 11.0. The van der Waals surface area contributed by atoms with Gasteiger partial charge < -0.3 is 14.6 Å². The number of aliphatic hydroxyl groups is 1. The second-order valence-corrected chi connectivity index (χ2v) is 4.31. The molecule has 6 heteroatoms. The lowest BCUT2D eigenvalue weighted by Gasteiger charge is -2.15. The van der Waals surface area contributed by atoms with Crippen LogP contribution in [0.2, 0.25) is 0 Å². The van der Waals surface area contributed by atoms with Crippen LogP contribution in [0.4, 0.5) is 4.79 Å².